The second-order valence-electron chi connectivity index (χ2n) is 5.81. The van der Waals surface area contributed by atoms with Crippen molar-refractivity contribution in [3.8, 4) is 0 Å². The van der Waals surface area contributed by atoms with Crippen molar-refractivity contribution in [2.75, 3.05) is 18.5 Å². The van der Waals surface area contributed by atoms with Crippen LogP contribution in [0.1, 0.15) is 23.8 Å². The van der Waals surface area contributed by atoms with Crippen LogP contribution in [0.5, 0.6) is 0 Å². The summed E-state index contributed by atoms with van der Waals surface area (Å²) in [4.78, 5) is 17.2. The zero-order valence-electron chi connectivity index (χ0n) is 14.6. The molecule has 0 aliphatic heterocycles. The Balaban J connectivity index is 1.88. The number of anilines is 1. The van der Waals surface area contributed by atoms with Gasteiger partial charge in [-0.05, 0) is 31.5 Å². The van der Waals surface area contributed by atoms with Crippen LogP contribution in [0, 0.1) is 0 Å². The third kappa shape index (κ3) is 3.72. The van der Waals surface area contributed by atoms with Crippen molar-refractivity contribution in [3.63, 3.8) is 0 Å². The fraction of sp³-hybridized carbons (Fsp3) is 0.333. The van der Waals surface area contributed by atoms with Gasteiger partial charge in [0.25, 0.3) is 5.91 Å². The van der Waals surface area contributed by atoms with E-state index in [1.807, 2.05) is 35.8 Å². The van der Waals surface area contributed by atoms with Gasteiger partial charge in [0, 0.05) is 26.8 Å². The van der Waals surface area contributed by atoms with Gasteiger partial charge >= 0.3 is 0 Å². The van der Waals surface area contributed by atoms with E-state index in [9.17, 15) is 4.79 Å². The van der Waals surface area contributed by atoms with Crippen LogP contribution in [0.15, 0.2) is 30.3 Å². The molecule has 0 saturated carbocycles. The number of benzene rings is 1. The fourth-order valence-corrected chi connectivity index (χ4v) is 3.17. The number of nitrogens with zero attached hydrogens (tertiary/aromatic N) is 3. The Labute approximate surface area is 161 Å². The van der Waals surface area contributed by atoms with Gasteiger partial charge in [0.2, 0.25) is 5.95 Å². The number of aromatic nitrogens is 3. The summed E-state index contributed by atoms with van der Waals surface area (Å²) in [6.45, 7) is 3.99. The van der Waals surface area contributed by atoms with Gasteiger partial charge in [0.15, 0.2) is 0 Å². The molecular formula is C18H20Cl2N4O2. The average Bonchev–Trinajstić information content (AvgIpc) is 3.11. The summed E-state index contributed by atoms with van der Waals surface area (Å²) in [5.74, 6) is 0.170. The normalized spacial score (nSPS) is 11.2. The minimum Gasteiger partial charge on any atom is -0.382 e. The molecule has 1 aromatic carbocycles. The molecule has 0 aliphatic rings. The van der Waals surface area contributed by atoms with Crippen LogP contribution in [0.3, 0.4) is 0 Å². The molecule has 2 aromatic heterocycles. The van der Waals surface area contributed by atoms with Gasteiger partial charge in [0.05, 0.1) is 16.1 Å². The lowest BCUT2D eigenvalue weighted by Crippen LogP contribution is -2.19. The molecule has 0 fully saturated rings. The SMILES string of the molecule is CCOCCCn1c(NC(=O)c2cc(Cl)c(Cl)n2C)nc2ccccc21. The minimum absolute atomic E-state index is 0.317. The molecule has 3 rings (SSSR count). The van der Waals surface area contributed by atoms with Gasteiger partial charge < -0.3 is 13.9 Å². The molecule has 0 bridgehead atoms. The number of carbonyl (C=O) groups is 1. The van der Waals surface area contributed by atoms with Crippen LogP contribution in [0.4, 0.5) is 5.95 Å². The van der Waals surface area contributed by atoms with Crippen LogP contribution in [-0.4, -0.2) is 33.2 Å². The Bertz CT molecular complexity index is 933. The molecule has 0 atom stereocenters. The van der Waals surface area contributed by atoms with Gasteiger partial charge in [-0.15, -0.1) is 0 Å². The highest BCUT2D eigenvalue weighted by molar-refractivity contribution is 6.42. The molecule has 138 valence electrons. The number of amides is 1. The number of imidazole rings is 1. The summed E-state index contributed by atoms with van der Waals surface area (Å²) < 4.78 is 8.94. The molecule has 0 radical (unpaired) electrons. The lowest BCUT2D eigenvalue weighted by Gasteiger charge is -2.10. The van der Waals surface area contributed by atoms with Crippen molar-refractivity contribution >= 4 is 46.1 Å². The molecule has 0 aliphatic carbocycles. The van der Waals surface area contributed by atoms with Crippen molar-refractivity contribution < 1.29 is 9.53 Å². The second-order valence-corrected chi connectivity index (χ2v) is 6.57. The number of hydrogen-bond donors (Lipinski definition) is 1. The van der Waals surface area contributed by atoms with Gasteiger partial charge in [-0.2, -0.15) is 0 Å². The zero-order chi connectivity index (χ0) is 18.7. The first kappa shape index (κ1) is 18.8. The summed E-state index contributed by atoms with van der Waals surface area (Å²) in [5.41, 5.74) is 2.15. The lowest BCUT2D eigenvalue weighted by molar-refractivity contribution is 0.101. The first-order chi connectivity index (χ1) is 12.5. The van der Waals surface area contributed by atoms with Crippen molar-refractivity contribution in [1.29, 1.82) is 0 Å². The smallest absolute Gasteiger partial charge is 0.274 e. The third-order valence-corrected chi connectivity index (χ3v) is 4.95. The second kappa shape index (κ2) is 8.12. The average molecular weight is 395 g/mol. The molecule has 3 aromatic rings. The van der Waals surface area contributed by atoms with Crippen LogP contribution >= 0.6 is 23.2 Å². The van der Waals surface area contributed by atoms with Crippen molar-refractivity contribution in [2.24, 2.45) is 7.05 Å². The predicted molar refractivity (Wildman–Crippen MR) is 104 cm³/mol. The van der Waals surface area contributed by atoms with Crippen LogP contribution in [-0.2, 0) is 18.3 Å². The number of rotatable bonds is 7. The minimum atomic E-state index is -0.317. The number of aryl methyl sites for hydroxylation is 1. The van der Waals surface area contributed by atoms with E-state index in [-0.39, 0.29) is 5.91 Å². The maximum Gasteiger partial charge on any atom is 0.274 e. The molecule has 0 spiro atoms. The standard InChI is InChI=1S/C18H20Cl2N4O2/c1-3-26-10-6-9-24-14-8-5-4-7-13(14)21-18(24)22-17(25)15-11-12(19)16(20)23(15)2/h4-5,7-8,11H,3,6,9-10H2,1-2H3,(H,21,22,25). The van der Waals surface area contributed by atoms with E-state index in [1.165, 1.54) is 0 Å². The Morgan fingerprint density at radius 3 is 2.77 bits per heavy atom. The number of nitrogens with one attached hydrogen (secondary N) is 1. The molecule has 8 heteroatoms. The van der Waals surface area contributed by atoms with E-state index in [2.05, 4.69) is 10.3 Å². The number of halogens is 2. The Morgan fingerprint density at radius 2 is 2.08 bits per heavy atom. The number of fused-ring (bicyclic) bond motifs is 1. The number of para-hydroxylation sites is 2. The quantitative estimate of drug-likeness (QED) is 0.605. The van der Waals surface area contributed by atoms with E-state index < -0.39 is 0 Å². The first-order valence-corrected chi connectivity index (χ1v) is 9.13. The van der Waals surface area contributed by atoms with E-state index >= 15 is 0 Å². The van der Waals surface area contributed by atoms with E-state index in [0.29, 0.717) is 41.6 Å². The van der Waals surface area contributed by atoms with Gasteiger partial charge in [-0.3, -0.25) is 10.1 Å². The molecule has 1 amide bonds. The van der Waals surface area contributed by atoms with Crippen LogP contribution < -0.4 is 5.32 Å². The van der Waals surface area contributed by atoms with Crippen molar-refractivity contribution in [3.05, 3.63) is 46.2 Å². The largest absolute Gasteiger partial charge is 0.382 e. The molecule has 2 heterocycles. The number of ether oxygens (including phenoxy) is 1. The monoisotopic (exact) mass is 394 g/mol. The molecule has 0 saturated heterocycles. The number of carbonyl (C=O) groups excluding carboxylic acids is 1. The molecule has 6 nitrogen and oxygen atoms in total. The Morgan fingerprint density at radius 1 is 1.31 bits per heavy atom. The predicted octanol–water partition coefficient (Wildman–Crippen LogP) is 4.36. The fourth-order valence-electron chi connectivity index (χ4n) is 2.79. The van der Waals surface area contributed by atoms with Crippen molar-refractivity contribution in [2.45, 2.75) is 19.9 Å². The van der Waals surface area contributed by atoms with E-state index in [1.54, 1.807) is 17.7 Å². The first-order valence-electron chi connectivity index (χ1n) is 8.38. The van der Waals surface area contributed by atoms with E-state index in [4.69, 9.17) is 27.9 Å². The molecule has 26 heavy (non-hydrogen) atoms. The van der Waals surface area contributed by atoms with Gasteiger partial charge in [-0.1, -0.05) is 35.3 Å². The van der Waals surface area contributed by atoms with Crippen LogP contribution in [0.25, 0.3) is 11.0 Å². The summed E-state index contributed by atoms with van der Waals surface area (Å²) >= 11 is 12.1. The highest BCUT2D eigenvalue weighted by Crippen LogP contribution is 2.26. The topological polar surface area (TPSA) is 61.1 Å². The zero-order valence-corrected chi connectivity index (χ0v) is 16.1. The maximum atomic E-state index is 12.7. The molecule has 0 unspecified atom stereocenters. The highest BCUT2D eigenvalue weighted by Gasteiger charge is 2.19. The van der Waals surface area contributed by atoms with Crippen LogP contribution in [0.2, 0.25) is 10.2 Å². The molecular weight excluding hydrogens is 375 g/mol. The van der Waals surface area contributed by atoms with Gasteiger partial charge in [0.1, 0.15) is 10.8 Å². The Hall–Kier alpha value is -2.02. The summed E-state index contributed by atoms with van der Waals surface area (Å²) in [6.07, 6.45) is 0.818. The summed E-state index contributed by atoms with van der Waals surface area (Å²) in [6, 6.07) is 9.31. The molecule has 1 N–H and O–H groups in total. The Kier molecular flexibility index (Phi) is 5.86. The van der Waals surface area contributed by atoms with Crippen molar-refractivity contribution in [1.82, 2.24) is 14.1 Å². The lowest BCUT2D eigenvalue weighted by atomic mass is 10.3. The van der Waals surface area contributed by atoms with E-state index in [0.717, 1.165) is 17.5 Å². The maximum absolute atomic E-state index is 12.7. The summed E-state index contributed by atoms with van der Waals surface area (Å²) in [7, 11) is 1.69. The van der Waals surface area contributed by atoms with Gasteiger partial charge in [-0.25, -0.2) is 4.98 Å². The summed E-state index contributed by atoms with van der Waals surface area (Å²) in [5, 5.41) is 3.53. The third-order valence-electron chi connectivity index (χ3n) is 4.10. The highest BCUT2D eigenvalue weighted by atomic mass is 35.5. The number of hydrogen-bond acceptors (Lipinski definition) is 3.